The van der Waals surface area contributed by atoms with E-state index in [1.165, 1.54) is 12.8 Å². The van der Waals surface area contributed by atoms with Crippen molar-refractivity contribution in [3.63, 3.8) is 0 Å². The van der Waals surface area contributed by atoms with Crippen LogP contribution in [0.3, 0.4) is 0 Å². The first-order valence-electron chi connectivity index (χ1n) is 8.13. The molecule has 0 aromatic heterocycles. The van der Waals surface area contributed by atoms with Gasteiger partial charge in [-0.15, -0.1) is 0 Å². The number of aliphatic hydroxyl groups is 1. The summed E-state index contributed by atoms with van der Waals surface area (Å²) >= 11 is 0. The van der Waals surface area contributed by atoms with Gasteiger partial charge in [0.05, 0.1) is 6.10 Å². The SMILES string of the molecule is CCCCN(C)CC(O)/C(=C/C(C)=N\CCC)CCC. The van der Waals surface area contributed by atoms with Crippen molar-refractivity contribution in [3.05, 3.63) is 11.6 Å². The summed E-state index contributed by atoms with van der Waals surface area (Å²) in [4.78, 5) is 6.71. The second-order valence-corrected chi connectivity index (χ2v) is 5.62. The van der Waals surface area contributed by atoms with Crippen LogP contribution in [0.5, 0.6) is 0 Å². The van der Waals surface area contributed by atoms with Crippen molar-refractivity contribution in [2.45, 2.75) is 65.9 Å². The van der Waals surface area contributed by atoms with Crippen molar-refractivity contribution in [3.8, 4) is 0 Å². The largest absolute Gasteiger partial charge is 0.387 e. The van der Waals surface area contributed by atoms with Crippen LogP contribution < -0.4 is 0 Å². The van der Waals surface area contributed by atoms with E-state index in [-0.39, 0.29) is 6.10 Å². The number of likely N-dealkylation sites (N-methyl/N-ethyl adjacent to an activating group) is 1. The minimum absolute atomic E-state index is 0.372. The summed E-state index contributed by atoms with van der Waals surface area (Å²) < 4.78 is 0. The summed E-state index contributed by atoms with van der Waals surface area (Å²) in [6.45, 7) is 11.1. The summed E-state index contributed by atoms with van der Waals surface area (Å²) in [6.07, 6.45) is 7.16. The lowest BCUT2D eigenvalue weighted by Crippen LogP contribution is -2.31. The highest BCUT2D eigenvalue weighted by Crippen LogP contribution is 2.12. The van der Waals surface area contributed by atoms with Gasteiger partial charge in [0.25, 0.3) is 0 Å². The first-order chi connectivity index (χ1) is 9.54. The average Bonchev–Trinajstić information content (AvgIpc) is 2.42. The molecule has 1 unspecified atom stereocenters. The Kier molecular flexibility index (Phi) is 11.7. The van der Waals surface area contributed by atoms with E-state index >= 15 is 0 Å². The van der Waals surface area contributed by atoms with Crippen molar-refractivity contribution < 1.29 is 5.11 Å². The van der Waals surface area contributed by atoms with Crippen LogP contribution >= 0.6 is 0 Å². The molecule has 0 aliphatic carbocycles. The van der Waals surface area contributed by atoms with Crippen molar-refractivity contribution in [2.24, 2.45) is 4.99 Å². The maximum absolute atomic E-state index is 10.4. The second kappa shape index (κ2) is 12.1. The fourth-order valence-electron chi connectivity index (χ4n) is 2.16. The Morgan fingerprint density at radius 2 is 1.90 bits per heavy atom. The Morgan fingerprint density at radius 1 is 1.20 bits per heavy atom. The Balaban J connectivity index is 4.59. The molecule has 0 bridgehead atoms. The first kappa shape index (κ1) is 19.3. The van der Waals surface area contributed by atoms with Crippen molar-refractivity contribution in [1.29, 1.82) is 0 Å². The van der Waals surface area contributed by atoms with E-state index in [1.54, 1.807) is 0 Å². The summed E-state index contributed by atoms with van der Waals surface area (Å²) in [5, 5.41) is 10.4. The van der Waals surface area contributed by atoms with Crippen LogP contribution in [0.4, 0.5) is 0 Å². The molecule has 3 nitrogen and oxygen atoms in total. The van der Waals surface area contributed by atoms with Gasteiger partial charge in [-0.2, -0.15) is 0 Å². The van der Waals surface area contributed by atoms with Crippen molar-refractivity contribution >= 4 is 5.71 Å². The molecule has 0 aromatic carbocycles. The Labute approximate surface area is 125 Å². The number of nitrogens with zero attached hydrogens (tertiary/aromatic N) is 2. The predicted octanol–water partition coefficient (Wildman–Crippen LogP) is 3.68. The standard InChI is InChI=1S/C17H34N2O/c1-6-9-12-19(5)14-17(20)16(10-7-2)13-15(4)18-11-8-3/h13,17,20H,6-12,14H2,1-5H3/b16-13+,18-15-. The number of rotatable bonds is 11. The van der Waals surface area contributed by atoms with Crippen LogP contribution in [0.25, 0.3) is 0 Å². The molecule has 0 saturated heterocycles. The number of aliphatic imine (C=N–C) groups is 1. The molecule has 0 aliphatic rings. The molecule has 0 aromatic rings. The van der Waals surface area contributed by atoms with E-state index in [9.17, 15) is 5.11 Å². The maximum atomic E-state index is 10.4. The third kappa shape index (κ3) is 9.27. The minimum atomic E-state index is -0.372. The van der Waals surface area contributed by atoms with E-state index in [2.05, 4.69) is 43.8 Å². The quantitative estimate of drug-likeness (QED) is 0.587. The van der Waals surface area contributed by atoms with Gasteiger partial charge in [0.2, 0.25) is 0 Å². The molecular weight excluding hydrogens is 248 g/mol. The molecule has 0 fully saturated rings. The highest BCUT2D eigenvalue weighted by atomic mass is 16.3. The summed E-state index contributed by atoms with van der Waals surface area (Å²) in [5.74, 6) is 0. The molecule has 0 spiro atoms. The fourth-order valence-corrected chi connectivity index (χ4v) is 2.16. The van der Waals surface area contributed by atoms with Crippen LogP contribution in [0.2, 0.25) is 0 Å². The Bertz CT molecular complexity index is 297. The molecule has 1 atom stereocenters. The van der Waals surface area contributed by atoms with E-state index < -0.39 is 0 Å². The van der Waals surface area contributed by atoms with E-state index in [4.69, 9.17) is 0 Å². The molecule has 0 radical (unpaired) electrons. The Hall–Kier alpha value is -0.670. The lowest BCUT2D eigenvalue weighted by Gasteiger charge is -2.22. The molecule has 1 N–H and O–H groups in total. The van der Waals surface area contributed by atoms with Crippen molar-refractivity contribution in [2.75, 3.05) is 26.7 Å². The van der Waals surface area contributed by atoms with Gasteiger partial charge in [-0.05, 0) is 51.4 Å². The fraction of sp³-hybridized carbons (Fsp3) is 0.824. The molecule has 0 aliphatic heterocycles. The molecule has 0 amide bonds. The summed E-state index contributed by atoms with van der Waals surface area (Å²) in [5.41, 5.74) is 2.15. The topological polar surface area (TPSA) is 35.8 Å². The first-order valence-corrected chi connectivity index (χ1v) is 8.13. The van der Waals surface area contributed by atoms with Gasteiger partial charge in [0, 0.05) is 18.8 Å². The number of hydrogen-bond donors (Lipinski definition) is 1. The lowest BCUT2D eigenvalue weighted by atomic mass is 10.0. The highest BCUT2D eigenvalue weighted by Gasteiger charge is 2.13. The zero-order valence-electron chi connectivity index (χ0n) is 14.2. The number of unbranched alkanes of at least 4 members (excludes halogenated alkanes) is 1. The van der Waals surface area contributed by atoms with Gasteiger partial charge in [-0.1, -0.05) is 33.6 Å². The van der Waals surface area contributed by atoms with E-state index in [1.807, 2.05) is 6.92 Å². The predicted molar refractivity (Wildman–Crippen MR) is 89.7 cm³/mol. The molecule has 0 heterocycles. The van der Waals surface area contributed by atoms with Crippen LogP contribution in [0.1, 0.15) is 59.8 Å². The van der Waals surface area contributed by atoms with Crippen LogP contribution in [0.15, 0.2) is 16.6 Å². The van der Waals surface area contributed by atoms with Gasteiger partial charge in [-0.25, -0.2) is 0 Å². The third-order valence-corrected chi connectivity index (χ3v) is 3.32. The van der Waals surface area contributed by atoms with Crippen LogP contribution in [-0.2, 0) is 0 Å². The minimum Gasteiger partial charge on any atom is -0.387 e. The highest BCUT2D eigenvalue weighted by molar-refractivity contribution is 5.93. The molecule has 118 valence electrons. The second-order valence-electron chi connectivity index (χ2n) is 5.62. The zero-order valence-corrected chi connectivity index (χ0v) is 14.2. The lowest BCUT2D eigenvalue weighted by molar-refractivity contribution is 0.150. The molecule has 0 rings (SSSR count). The molecular formula is C17H34N2O. The number of hydrogen-bond acceptors (Lipinski definition) is 3. The molecule has 3 heteroatoms. The summed E-state index contributed by atoms with van der Waals surface area (Å²) in [7, 11) is 2.08. The van der Waals surface area contributed by atoms with Gasteiger partial charge in [0.1, 0.15) is 0 Å². The monoisotopic (exact) mass is 282 g/mol. The van der Waals surface area contributed by atoms with Gasteiger partial charge < -0.3 is 10.0 Å². The van der Waals surface area contributed by atoms with Crippen LogP contribution in [-0.4, -0.2) is 48.5 Å². The van der Waals surface area contributed by atoms with E-state index in [0.29, 0.717) is 6.54 Å². The zero-order chi connectivity index (χ0) is 15.4. The average molecular weight is 282 g/mol. The normalized spacial score (nSPS) is 14.9. The third-order valence-electron chi connectivity index (χ3n) is 3.32. The van der Waals surface area contributed by atoms with Crippen LogP contribution in [0, 0.1) is 0 Å². The number of aliphatic hydroxyl groups excluding tert-OH is 1. The van der Waals surface area contributed by atoms with Gasteiger partial charge in [0.15, 0.2) is 0 Å². The van der Waals surface area contributed by atoms with E-state index in [0.717, 1.165) is 43.6 Å². The summed E-state index contributed by atoms with van der Waals surface area (Å²) in [6, 6.07) is 0. The van der Waals surface area contributed by atoms with Gasteiger partial charge in [-0.3, -0.25) is 4.99 Å². The molecule has 20 heavy (non-hydrogen) atoms. The van der Waals surface area contributed by atoms with Gasteiger partial charge >= 0.3 is 0 Å². The smallest absolute Gasteiger partial charge is 0.0880 e. The Morgan fingerprint density at radius 3 is 2.45 bits per heavy atom. The molecule has 0 saturated carbocycles. The number of allylic oxidation sites excluding steroid dienone is 1. The van der Waals surface area contributed by atoms with Crippen molar-refractivity contribution in [1.82, 2.24) is 4.90 Å². The maximum Gasteiger partial charge on any atom is 0.0880 e.